The van der Waals surface area contributed by atoms with Gasteiger partial charge in [-0.15, -0.1) is 0 Å². The summed E-state index contributed by atoms with van der Waals surface area (Å²) < 4.78 is 13.8. The van der Waals surface area contributed by atoms with Crippen LogP contribution in [-0.4, -0.2) is 16.5 Å². The van der Waals surface area contributed by atoms with Crippen LogP contribution >= 0.6 is 0 Å². The molecule has 0 atom stereocenters. The molecular weight excluding hydrogens is 253 g/mol. The number of nitrogens with zero attached hydrogens (tertiary/aromatic N) is 2. The summed E-state index contributed by atoms with van der Waals surface area (Å²) in [6.07, 6.45) is 0.996. The van der Waals surface area contributed by atoms with Crippen LogP contribution in [0.2, 0.25) is 0 Å². The summed E-state index contributed by atoms with van der Waals surface area (Å²) in [7, 11) is 0. The fourth-order valence-corrected chi connectivity index (χ4v) is 2.02. The summed E-state index contributed by atoms with van der Waals surface area (Å²) in [5, 5.41) is 3.28. The summed E-state index contributed by atoms with van der Waals surface area (Å²) in [5.41, 5.74) is 3.87. The molecule has 1 N–H and O–H groups in total. The van der Waals surface area contributed by atoms with Gasteiger partial charge in [-0.1, -0.05) is 19.1 Å². The van der Waals surface area contributed by atoms with E-state index in [0.29, 0.717) is 5.56 Å². The lowest BCUT2D eigenvalue weighted by atomic mass is 10.0. The molecular formula is C16H20FN3. The van der Waals surface area contributed by atoms with Gasteiger partial charge < -0.3 is 5.32 Å². The van der Waals surface area contributed by atoms with E-state index in [9.17, 15) is 4.39 Å². The van der Waals surface area contributed by atoms with E-state index in [2.05, 4.69) is 22.2 Å². The predicted octanol–water partition coefficient (Wildman–Crippen LogP) is 4.03. The van der Waals surface area contributed by atoms with E-state index >= 15 is 0 Å². The molecule has 0 spiro atoms. The lowest BCUT2D eigenvalue weighted by Gasteiger charge is -2.14. The predicted molar refractivity (Wildman–Crippen MR) is 80.4 cm³/mol. The minimum atomic E-state index is -0.219. The van der Waals surface area contributed by atoms with Crippen molar-refractivity contribution in [3.05, 3.63) is 41.0 Å². The first-order chi connectivity index (χ1) is 9.54. The molecule has 0 aliphatic rings. The molecule has 0 fully saturated rings. The molecule has 4 heteroatoms. The normalized spacial score (nSPS) is 10.7. The third-order valence-corrected chi connectivity index (χ3v) is 3.37. The molecule has 1 aromatic carbocycles. The second kappa shape index (κ2) is 5.99. The van der Waals surface area contributed by atoms with Crippen molar-refractivity contribution in [2.75, 3.05) is 11.9 Å². The minimum absolute atomic E-state index is 0.219. The van der Waals surface area contributed by atoms with Crippen molar-refractivity contribution in [1.29, 1.82) is 0 Å². The van der Waals surface area contributed by atoms with Gasteiger partial charge in [-0.25, -0.2) is 14.4 Å². The molecule has 0 aliphatic heterocycles. The number of aryl methyl sites for hydroxylation is 2. The maximum Gasteiger partial charge on any atom is 0.152 e. The Bertz CT molecular complexity index is 623. The number of hydrogen-bond donors (Lipinski definition) is 1. The van der Waals surface area contributed by atoms with Crippen LogP contribution in [0.5, 0.6) is 0 Å². The second-order valence-electron chi connectivity index (χ2n) is 4.93. The van der Waals surface area contributed by atoms with Crippen molar-refractivity contribution >= 4 is 5.82 Å². The van der Waals surface area contributed by atoms with Crippen molar-refractivity contribution < 1.29 is 4.39 Å². The molecule has 2 aromatic rings. The van der Waals surface area contributed by atoms with Gasteiger partial charge >= 0.3 is 0 Å². The summed E-state index contributed by atoms with van der Waals surface area (Å²) in [5.74, 6) is 0.507. The van der Waals surface area contributed by atoms with Crippen molar-refractivity contribution in [2.45, 2.75) is 34.1 Å². The van der Waals surface area contributed by atoms with Gasteiger partial charge in [0.25, 0.3) is 0 Å². The third-order valence-electron chi connectivity index (χ3n) is 3.37. The maximum atomic E-state index is 13.8. The molecule has 0 radical (unpaired) electrons. The van der Waals surface area contributed by atoms with Gasteiger partial charge in [-0.05, 0) is 38.8 Å². The van der Waals surface area contributed by atoms with Crippen molar-refractivity contribution in [2.24, 2.45) is 0 Å². The highest BCUT2D eigenvalue weighted by Gasteiger charge is 2.14. The minimum Gasteiger partial charge on any atom is -0.368 e. The average Bonchev–Trinajstić information content (AvgIpc) is 2.43. The molecule has 0 amide bonds. The number of halogens is 1. The number of benzene rings is 1. The second-order valence-corrected chi connectivity index (χ2v) is 4.93. The van der Waals surface area contributed by atoms with Crippen LogP contribution < -0.4 is 5.32 Å². The molecule has 106 valence electrons. The first-order valence-electron chi connectivity index (χ1n) is 6.89. The van der Waals surface area contributed by atoms with E-state index in [1.165, 1.54) is 6.07 Å². The number of nitrogens with one attached hydrogen (secondary N) is 1. The Kier molecular flexibility index (Phi) is 4.32. The smallest absolute Gasteiger partial charge is 0.152 e. The number of hydrogen-bond acceptors (Lipinski definition) is 3. The Morgan fingerprint density at radius 3 is 2.50 bits per heavy atom. The molecule has 2 rings (SSSR count). The highest BCUT2D eigenvalue weighted by Crippen LogP contribution is 2.29. The van der Waals surface area contributed by atoms with E-state index in [1.54, 1.807) is 13.0 Å². The van der Waals surface area contributed by atoms with Gasteiger partial charge in [-0.2, -0.15) is 0 Å². The topological polar surface area (TPSA) is 37.8 Å². The highest BCUT2D eigenvalue weighted by molar-refractivity contribution is 5.74. The van der Waals surface area contributed by atoms with Gasteiger partial charge in [0.2, 0.25) is 0 Å². The number of anilines is 1. The molecule has 1 aromatic heterocycles. The maximum absolute atomic E-state index is 13.8. The zero-order chi connectivity index (χ0) is 14.7. The summed E-state index contributed by atoms with van der Waals surface area (Å²) >= 11 is 0. The Morgan fingerprint density at radius 1 is 1.10 bits per heavy atom. The van der Waals surface area contributed by atoms with Crippen LogP contribution in [0.3, 0.4) is 0 Å². The van der Waals surface area contributed by atoms with Gasteiger partial charge in [0.1, 0.15) is 11.5 Å². The van der Waals surface area contributed by atoms with E-state index < -0.39 is 0 Å². The lowest BCUT2D eigenvalue weighted by Crippen LogP contribution is -2.08. The SMILES string of the molecule is CCCNc1nc(C)c(C)nc1-c1cccc(F)c1C. The first-order valence-corrected chi connectivity index (χ1v) is 6.89. The zero-order valence-electron chi connectivity index (χ0n) is 12.4. The van der Waals surface area contributed by atoms with Crippen LogP contribution in [0, 0.1) is 26.6 Å². The Morgan fingerprint density at radius 2 is 1.80 bits per heavy atom. The van der Waals surface area contributed by atoms with Gasteiger partial charge in [0, 0.05) is 12.1 Å². The van der Waals surface area contributed by atoms with Crippen molar-refractivity contribution in [3.8, 4) is 11.3 Å². The first kappa shape index (κ1) is 14.4. The fraction of sp³-hybridized carbons (Fsp3) is 0.375. The van der Waals surface area contributed by atoms with E-state index in [-0.39, 0.29) is 5.82 Å². The highest BCUT2D eigenvalue weighted by atomic mass is 19.1. The number of aromatic nitrogens is 2. The van der Waals surface area contributed by atoms with E-state index in [0.717, 1.165) is 41.4 Å². The molecule has 0 saturated heterocycles. The molecule has 1 heterocycles. The number of rotatable bonds is 4. The summed E-state index contributed by atoms with van der Waals surface area (Å²) in [4.78, 5) is 9.17. The van der Waals surface area contributed by atoms with Crippen LogP contribution in [0.25, 0.3) is 11.3 Å². The van der Waals surface area contributed by atoms with Crippen molar-refractivity contribution in [1.82, 2.24) is 9.97 Å². The van der Waals surface area contributed by atoms with Gasteiger partial charge in [-0.3, -0.25) is 0 Å². The molecule has 0 aliphatic carbocycles. The quantitative estimate of drug-likeness (QED) is 0.914. The Balaban J connectivity index is 2.59. The molecule has 20 heavy (non-hydrogen) atoms. The average molecular weight is 273 g/mol. The fourth-order valence-electron chi connectivity index (χ4n) is 2.02. The van der Waals surface area contributed by atoms with Crippen LogP contribution in [0.1, 0.15) is 30.3 Å². The van der Waals surface area contributed by atoms with Crippen LogP contribution in [0.15, 0.2) is 18.2 Å². The molecule has 0 saturated carbocycles. The zero-order valence-corrected chi connectivity index (χ0v) is 12.4. The summed E-state index contributed by atoms with van der Waals surface area (Å²) in [6, 6.07) is 5.05. The molecule has 0 bridgehead atoms. The summed E-state index contributed by atoms with van der Waals surface area (Å²) in [6.45, 7) is 8.53. The Labute approximate surface area is 119 Å². The standard InChI is InChI=1S/C16H20FN3/c1-5-9-18-16-15(19-11(3)12(4)20-16)13-7-6-8-14(17)10(13)2/h6-8H,5,9H2,1-4H3,(H,18,20). The van der Waals surface area contributed by atoms with E-state index in [4.69, 9.17) is 0 Å². The van der Waals surface area contributed by atoms with Crippen molar-refractivity contribution in [3.63, 3.8) is 0 Å². The van der Waals surface area contributed by atoms with Gasteiger partial charge in [0.05, 0.1) is 11.4 Å². The lowest BCUT2D eigenvalue weighted by molar-refractivity contribution is 0.619. The van der Waals surface area contributed by atoms with Gasteiger partial charge in [0.15, 0.2) is 5.82 Å². The Hall–Kier alpha value is -1.97. The van der Waals surface area contributed by atoms with Crippen LogP contribution in [-0.2, 0) is 0 Å². The van der Waals surface area contributed by atoms with Crippen LogP contribution in [0.4, 0.5) is 10.2 Å². The molecule has 0 unspecified atom stereocenters. The largest absolute Gasteiger partial charge is 0.368 e. The van der Waals surface area contributed by atoms with E-state index in [1.807, 2.05) is 19.9 Å². The monoisotopic (exact) mass is 273 g/mol. The third kappa shape index (κ3) is 2.79. The molecule has 3 nitrogen and oxygen atoms in total.